The predicted octanol–water partition coefficient (Wildman–Crippen LogP) is 1.27. The van der Waals surface area contributed by atoms with Gasteiger partial charge in [-0.25, -0.2) is 0 Å². The fourth-order valence-corrected chi connectivity index (χ4v) is 2.21. The minimum absolute atomic E-state index is 0.0532. The van der Waals surface area contributed by atoms with E-state index in [1.54, 1.807) is 23.1 Å². The van der Waals surface area contributed by atoms with Crippen molar-refractivity contribution in [3.05, 3.63) is 71.3 Å². The second-order valence-corrected chi connectivity index (χ2v) is 5.00. The molecule has 0 bridgehead atoms. The third-order valence-corrected chi connectivity index (χ3v) is 3.33. The predicted molar refractivity (Wildman–Crippen MR) is 84.7 cm³/mol. The maximum absolute atomic E-state index is 12.0. The van der Waals surface area contributed by atoms with Crippen LogP contribution in [0.3, 0.4) is 0 Å². The molecule has 2 aromatic rings. The van der Waals surface area contributed by atoms with Gasteiger partial charge in [0.25, 0.3) is 0 Å². The van der Waals surface area contributed by atoms with Gasteiger partial charge in [-0.1, -0.05) is 42.5 Å². The van der Waals surface area contributed by atoms with Gasteiger partial charge in [-0.15, -0.1) is 0 Å². The van der Waals surface area contributed by atoms with Crippen LogP contribution in [0.1, 0.15) is 21.5 Å². The summed E-state index contributed by atoms with van der Waals surface area (Å²) in [5, 5.41) is 0. The van der Waals surface area contributed by atoms with Crippen LogP contribution in [-0.2, 0) is 17.9 Å². The average Bonchev–Trinajstić information content (AvgIpc) is 2.54. The highest BCUT2D eigenvalue weighted by Crippen LogP contribution is 2.12. The van der Waals surface area contributed by atoms with Crippen molar-refractivity contribution < 1.29 is 9.59 Å². The van der Waals surface area contributed by atoms with E-state index in [2.05, 4.69) is 0 Å². The smallest absolute Gasteiger partial charge is 0.248 e. The molecule has 5 nitrogen and oxygen atoms in total. The lowest BCUT2D eigenvalue weighted by atomic mass is 10.1. The van der Waals surface area contributed by atoms with Crippen molar-refractivity contribution in [1.29, 1.82) is 0 Å². The van der Waals surface area contributed by atoms with E-state index in [9.17, 15) is 9.59 Å². The van der Waals surface area contributed by atoms with Crippen molar-refractivity contribution >= 4 is 11.8 Å². The Bertz CT molecular complexity index is 656. The van der Waals surface area contributed by atoms with E-state index >= 15 is 0 Å². The molecule has 5 heteroatoms. The van der Waals surface area contributed by atoms with E-state index in [1.807, 2.05) is 36.4 Å². The largest absolute Gasteiger partial charge is 0.366 e. The van der Waals surface area contributed by atoms with E-state index < -0.39 is 5.91 Å². The van der Waals surface area contributed by atoms with Gasteiger partial charge in [-0.2, -0.15) is 0 Å². The third kappa shape index (κ3) is 4.17. The molecule has 2 rings (SSSR count). The normalized spacial score (nSPS) is 10.2. The number of benzene rings is 2. The summed E-state index contributed by atoms with van der Waals surface area (Å²) in [6, 6.07) is 16.6. The first-order valence-corrected chi connectivity index (χ1v) is 7.00. The van der Waals surface area contributed by atoms with Crippen LogP contribution < -0.4 is 11.5 Å². The molecule has 0 fully saturated rings. The molecule has 0 spiro atoms. The van der Waals surface area contributed by atoms with Crippen molar-refractivity contribution in [3.8, 4) is 0 Å². The van der Waals surface area contributed by atoms with Crippen LogP contribution in [0.4, 0.5) is 0 Å². The van der Waals surface area contributed by atoms with Crippen molar-refractivity contribution in [1.82, 2.24) is 4.90 Å². The summed E-state index contributed by atoms with van der Waals surface area (Å²) >= 11 is 0. The summed E-state index contributed by atoms with van der Waals surface area (Å²) in [5.74, 6) is -0.630. The first-order valence-electron chi connectivity index (χ1n) is 7.00. The van der Waals surface area contributed by atoms with Crippen LogP contribution in [0.15, 0.2) is 54.6 Å². The Labute approximate surface area is 129 Å². The quantitative estimate of drug-likeness (QED) is 0.841. The molecular formula is C17H19N3O2. The van der Waals surface area contributed by atoms with Gasteiger partial charge in [0.15, 0.2) is 0 Å². The van der Waals surface area contributed by atoms with Crippen LogP contribution in [-0.4, -0.2) is 23.3 Å². The zero-order valence-corrected chi connectivity index (χ0v) is 12.2. The molecule has 0 atom stereocenters. The van der Waals surface area contributed by atoms with Crippen LogP contribution in [0.5, 0.6) is 0 Å². The maximum Gasteiger partial charge on any atom is 0.248 e. The SMILES string of the molecule is NCC(=O)N(Cc1ccccc1)Cc1cccc(C(N)=O)c1. The molecule has 2 amide bonds. The van der Waals surface area contributed by atoms with E-state index in [0.29, 0.717) is 18.7 Å². The summed E-state index contributed by atoms with van der Waals surface area (Å²) < 4.78 is 0. The number of hydrogen-bond acceptors (Lipinski definition) is 3. The molecule has 0 aliphatic heterocycles. The molecule has 0 radical (unpaired) electrons. The summed E-state index contributed by atoms with van der Waals surface area (Å²) in [4.78, 5) is 25.0. The lowest BCUT2D eigenvalue weighted by Gasteiger charge is -2.22. The number of rotatable bonds is 6. The van der Waals surface area contributed by atoms with Gasteiger partial charge in [0, 0.05) is 18.7 Å². The fourth-order valence-electron chi connectivity index (χ4n) is 2.21. The minimum Gasteiger partial charge on any atom is -0.366 e. The molecule has 0 saturated heterocycles. The number of carbonyl (C=O) groups is 2. The molecule has 22 heavy (non-hydrogen) atoms. The van der Waals surface area contributed by atoms with Gasteiger partial charge in [0.2, 0.25) is 11.8 Å². The zero-order valence-electron chi connectivity index (χ0n) is 12.2. The minimum atomic E-state index is -0.485. The number of nitrogens with zero attached hydrogens (tertiary/aromatic N) is 1. The summed E-state index contributed by atoms with van der Waals surface area (Å²) in [6.07, 6.45) is 0. The molecule has 4 N–H and O–H groups in total. The zero-order chi connectivity index (χ0) is 15.9. The van der Waals surface area contributed by atoms with Gasteiger partial charge in [-0.3, -0.25) is 9.59 Å². The van der Waals surface area contributed by atoms with Crippen LogP contribution in [0, 0.1) is 0 Å². The number of nitrogens with two attached hydrogens (primary N) is 2. The average molecular weight is 297 g/mol. The molecule has 0 unspecified atom stereocenters. The lowest BCUT2D eigenvalue weighted by Crippen LogP contribution is -2.35. The van der Waals surface area contributed by atoms with Gasteiger partial charge >= 0.3 is 0 Å². The summed E-state index contributed by atoms with van der Waals surface area (Å²) in [6.45, 7) is 0.798. The van der Waals surface area contributed by atoms with Crippen molar-refractivity contribution in [2.45, 2.75) is 13.1 Å². The Balaban J connectivity index is 2.18. The number of carbonyl (C=O) groups excluding carboxylic acids is 2. The highest BCUT2D eigenvalue weighted by Gasteiger charge is 2.13. The Morgan fingerprint density at radius 3 is 2.18 bits per heavy atom. The second-order valence-electron chi connectivity index (χ2n) is 5.00. The Kier molecular flexibility index (Phi) is 5.27. The number of primary amides is 1. The van der Waals surface area contributed by atoms with Crippen LogP contribution in [0.25, 0.3) is 0 Å². The van der Waals surface area contributed by atoms with Crippen molar-refractivity contribution in [3.63, 3.8) is 0 Å². The summed E-state index contributed by atoms with van der Waals surface area (Å²) in [5.41, 5.74) is 13.1. The maximum atomic E-state index is 12.0. The highest BCUT2D eigenvalue weighted by molar-refractivity contribution is 5.92. The van der Waals surface area contributed by atoms with Crippen molar-refractivity contribution in [2.24, 2.45) is 11.5 Å². The monoisotopic (exact) mass is 297 g/mol. The van der Waals surface area contributed by atoms with Crippen molar-refractivity contribution in [2.75, 3.05) is 6.54 Å². The van der Waals surface area contributed by atoms with E-state index in [-0.39, 0.29) is 12.5 Å². The Morgan fingerprint density at radius 2 is 1.55 bits per heavy atom. The van der Waals surface area contributed by atoms with E-state index in [0.717, 1.165) is 11.1 Å². The highest BCUT2D eigenvalue weighted by atomic mass is 16.2. The number of hydrogen-bond donors (Lipinski definition) is 2. The summed E-state index contributed by atoms with van der Waals surface area (Å²) in [7, 11) is 0. The molecule has 0 aromatic heterocycles. The first kappa shape index (κ1) is 15.7. The van der Waals surface area contributed by atoms with Crippen LogP contribution in [0.2, 0.25) is 0 Å². The molecule has 0 aliphatic carbocycles. The third-order valence-electron chi connectivity index (χ3n) is 3.33. The standard InChI is InChI=1S/C17H19N3O2/c18-10-16(21)20(11-13-5-2-1-3-6-13)12-14-7-4-8-15(9-14)17(19)22/h1-9H,10-12,18H2,(H2,19,22). The molecular weight excluding hydrogens is 278 g/mol. The van der Waals surface area contributed by atoms with E-state index in [1.165, 1.54) is 0 Å². The molecule has 0 aliphatic rings. The van der Waals surface area contributed by atoms with Gasteiger partial charge < -0.3 is 16.4 Å². The number of amides is 2. The topological polar surface area (TPSA) is 89.4 Å². The Hall–Kier alpha value is -2.66. The van der Waals surface area contributed by atoms with Gasteiger partial charge in [0.1, 0.15) is 0 Å². The van der Waals surface area contributed by atoms with Gasteiger partial charge in [-0.05, 0) is 23.3 Å². The van der Waals surface area contributed by atoms with Crippen LogP contribution >= 0.6 is 0 Å². The molecule has 114 valence electrons. The molecule has 0 saturated carbocycles. The second kappa shape index (κ2) is 7.38. The Morgan fingerprint density at radius 1 is 0.909 bits per heavy atom. The lowest BCUT2D eigenvalue weighted by molar-refractivity contribution is -0.130. The van der Waals surface area contributed by atoms with Gasteiger partial charge in [0.05, 0.1) is 6.54 Å². The van der Waals surface area contributed by atoms with E-state index in [4.69, 9.17) is 11.5 Å². The fraction of sp³-hybridized carbons (Fsp3) is 0.176. The molecule has 2 aromatic carbocycles. The first-order chi connectivity index (χ1) is 10.6. The molecule has 0 heterocycles.